The van der Waals surface area contributed by atoms with E-state index >= 15 is 0 Å². The molecule has 0 bridgehead atoms. The molecular weight excluding hydrogens is 334 g/mol. The number of ether oxygens (including phenoxy) is 2. The highest BCUT2D eigenvalue weighted by atomic mass is 16.5. The van der Waals surface area contributed by atoms with Gasteiger partial charge in [0.15, 0.2) is 0 Å². The second-order valence-corrected chi connectivity index (χ2v) is 6.20. The minimum absolute atomic E-state index is 0.0623. The largest absolute Gasteiger partial charge is 0.497 e. The van der Waals surface area contributed by atoms with Crippen LogP contribution < -0.4 is 20.1 Å². The lowest BCUT2D eigenvalue weighted by Crippen LogP contribution is -2.49. The van der Waals surface area contributed by atoms with Crippen molar-refractivity contribution in [1.29, 1.82) is 0 Å². The summed E-state index contributed by atoms with van der Waals surface area (Å²) in [5.74, 6) is 2.11. The smallest absolute Gasteiger partial charge is 0.238 e. The number of aromatic nitrogens is 2. The zero-order chi connectivity index (χ0) is 18.5. The molecule has 2 N–H and O–H groups in total. The van der Waals surface area contributed by atoms with Crippen LogP contribution in [0.4, 0.5) is 5.69 Å². The Morgan fingerprint density at radius 2 is 2.23 bits per heavy atom. The molecule has 1 amide bonds. The average molecular weight is 359 g/mol. The summed E-state index contributed by atoms with van der Waals surface area (Å²) >= 11 is 0. The number of nitrogens with one attached hydrogen (secondary N) is 2. The maximum Gasteiger partial charge on any atom is 0.238 e. The van der Waals surface area contributed by atoms with Crippen molar-refractivity contribution in [2.45, 2.75) is 6.04 Å². The third kappa shape index (κ3) is 3.97. The van der Waals surface area contributed by atoms with E-state index in [1.807, 2.05) is 17.8 Å². The van der Waals surface area contributed by atoms with E-state index in [-0.39, 0.29) is 18.5 Å². The summed E-state index contributed by atoms with van der Waals surface area (Å²) in [6.45, 7) is 2.68. The summed E-state index contributed by atoms with van der Waals surface area (Å²) in [6.07, 6.45) is 3.70. The maximum atomic E-state index is 12.6. The van der Waals surface area contributed by atoms with E-state index in [0.29, 0.717) is 17.2 Å². The fourth-order valence-corrected chi connectivity index (χ4v) is 3.16. The van der Waals surface area contributed by atoms with Crippen molar-refractivity contribution in [3.05, 3.63) is 36.4 Å². The zero-order valence-corrected chi connectivity index (χ0v) is 15.4. The first-order valence-electron chi connectivity index (χ1n) is 8.56. The Kier molecular flexibility index (Phi) is 5.75. The third-order valence-electron chi connectivity index (χ3n) is 4.54. The fraction of sp³-hybridized carbons (Fsp3) is 0.444. The molecule has 1 fully saturated rings. The molecule has 1 unspecified atom stereocenters. The second-order valence-electron chi connectivity index (χ2n) is 6.20. The Hall–Kier alpha value is -2.58. The lowest BCUT2D eigenvalue weighted by molar-refractivity contribution is -0.118. The first-order valence-corrected chi connectivity index (χ1v) is 8.56. The number of aryl methyl sites for hydroxylation is 1. The predicted octanol–water partition coefficient (Wildman–Crippen LogP) is 1.02. The summed E-state index contributed by atoms with van der Waals surface area (Å²) in [5.41, 5.74) is 0.627. The lowest BCUT2D eigenvalue weighted by atomic mass is 10.1. The molecule has 0 radical (unpaired) electrons. The molecule has 26 heavy (non-hydrogen) atoms. The summed E-state index contributed by atoms with van der Waals surface area (Å²) in [7, 11) is 5.13. The van der Waals surface area contributed by atoms with Gasteiger partial charge in [0.2, 0.25) is 5.91 Å². The van der Waals surface area contributed by atoms with Crippen molar-refractivity contribution in [2.24, 2.45) is 7.05 Å². The van der Waals surface area contributed by atoms with E-state index in [2.05, 4.69) is 20.5 Å². The lowest BCUT2D eigenvalue weighted by Gasteiger charge is -2.35. The molecule has 0 aliphatic carbocycles. The highest BCUT2D eigenvalue weighted by Crippen LogP contribution is 2.29. The number of imidazole rings is 1. The molecule has 1 aliphatic rings. The molecule has 1 aromatic carbocycles. The molecule has 2 aromatic rings. The Bertz CT molecular complexity index is 761. The van der Waals surface area contributed by atoms with Gasteiger partial charge >= 0.3 is 0 Å². The summed E-state index contributed by atoms with van der Waals surface area (Å²) < 4.78 is 12.5. The standard InChI is InChI=1S/C18H25N5O3/c1-22-8-7-20-18(22)15-11-19-6-9-23(15)12-17(24)21-14-5-4-13(25-2)10-16(14)26-3/h4-5,7-8,10,15,19H,6,9,11-12H2,1-3H3,(H,21,24). The first-order chi connectivity index (χ1) is 12.6. The number of nitrogens with zero attached hydrogens (tertiary/aromatic N) is 3. The Labute approximate surface area is 153 Å². The maximum absolute atomic E-state index is 12.6. The molecular formula is C18H25N5O3. The molecule has 1 aromatic heterocycles. The van der Waals surface area contributed by atoms with Crippen molar-refractivity contribution >= 4 is 11.6 Å². The van der Waals surface area contributed by atoms with Gasteiger partial charge in [-0.05, 0) is 12.1 Å². The number of amides is 1. The van der Waals surface area contributed by atoms with Gasteiger partial charge in [-0.1, -0.05) is 0 Å². The third-order valence-corrected chi connectivity index (χ3v) is 4.54. The normalized spacial score (nSPS) is 17.7. The van der Waals surface area contributed by atoms with Crippen LogP contribution in [0.5, 0.6) is 11.5 Å². The van der Waals surface area contributed by atoms with E-state index in [1.54, 1.807) is 38.6 Å². The van der Waals surface area contributed by atoms with E-state index < -0.39 is 0 Å². The van der Waals surface area contributed by atoms with Crippen LogP contribution in [0, 0.1) is 0 Å². The van der Waals surface area contributed by atoms with Gasteiger partial charge in [0.05, 0.1) is 32.5 Å². The molecule has 1 atom stereocenters. The van der Waals surface area contributed by atoms with Crippen LogP contribution in [0.2, 0.25) is 0 Å². The molecule has 8 nitrogen and oxygen atoms in total. The number of carbonyl (C=O) groups is 1. The van der Waals surface area contributed by atoms with Crippen molar-refractivity contribution < 1.29 is 14.3 Å². The number of benzene rings is 1. The first kappa shape index (κ1) is 18.2. The number of hydrogen-bond donors (Lipinski definition) is 2. The SMILES string of the molecule is COc1ccc(NC(=O)CN2CCNCC2c2nccn2C)c(OC)c1. The summed E-state index contributed by atoms with van der Waals surface area (Å²) in [6, 6.07) is 5.38. The highest BCUT2D eigenvalue weighted by molar-refractivity contribution is 5.93. The van der Waals surface area contributed by atoms with Crippen LogP contribution in [-0.4, -0.2) is 60.8 Å². The molecule has 1 saturated heterocycles. The van der Waals surface area contributed by atoms with Crippen molar-refractivity contribution in [3.8, 4) is 11.5 Å². The quantitative estimate of drug-likeness (QED) is 0.802. The van der Waals surface area contributed by atoms with Gasteiger partial charge in [0, 0.05) is 45.1 Å². The Morgan fingerprint density at radius 3 is 2.92 bits per heavy atom. The molecule has 3 rings (SSSR count). The zero-order valence-electron chi connectivity index (χ0n) is 15.4. The van der Waals surface area contributed by atoms with E-state index in [1.165, 1.54) is 0 Å². The molecule has 8 heteroatoms. The molecule has 0 saturated carbocycles. The number of rotatable bonds is 6. The molecule has 0 spiro atoms. The molecule has 140 valence electrons. The van der Waals surface area contributed by atoms with Gasteiger partial charge in [-0.3, -0.25) is 9.69 Å². The Morgan fingerprint density at radius 1 is 1.38 bits per heavy atom. The second kappa shape index (κ2) is 8.20. The van der Waals surface area contributed by atoms with E-state index in [9.17, 15) is 4.79 Å². The van der Waals surface area contributed by atoms with Crippen LogP contribution in [-0.2, 0) is 11.8 Å². The number of anilines is 1. The van der Waals surface area contributed by atoms with Crippen molar-refractivity contribution in [3.63, 3.8) is 0 Å². The highest BCUT2D eigenvalue weighted by Gasteiger charge is 2.28. The summed E-state index contributed by atoms with van der Waals surface area (Å²) in [5, 5.41) is 6.31. The predicted molar refractivity (Wildman–Crippen MR) is 98.6 cm³/mol. The van der Waals surface area contributed by atoms with Gasteiger partial charge in [-0.15, -0.1) is 0 Å². The van der Waals surface area contributed by atoms with Gasteiger partial charge in [0.25, 0.3) is 0 Å². The average Bonchev–Trinajstić information content (AvgIpc) is 3.08. The molecule has 1 aliphatic heterocycles. The Balaban J connectivity index is 1.69. The van der Waals surface area contributed by atoms with Crippen LogP contribution >= 0.6 is 0 Å². The van der Waals surface area contributed by atoms with Gasteiger partial charge in [0.1, 0.15) is 17.3 Å². The molecule has 2 heterocycles. The topological polar surface area (TPSA) is 80.7 Å². The monoisotopic (exact) mass is 359 g/mol. The number of hydrogen-bond acceptors (Lipinski definition) is 6. The van der Waals surface area contributed by atoms with Gasteiger partial charge < -0.3 is 24.7 Å². The van der Waals surface area contributed by atoms with Crippen LogP contribution in [0.15, 0.2) is 30.6 Å². The minimum Gasteiger partial charge on any atom is -0.497 e. The minimum atomic E-state index is -0.0884. The fourth-order valence-electron chi connectivity index (χ4n) is 3.16. The van der Waals surface area contributed by atoms with Crippen LogP contribution in [0.1, 0.15) is 11.9 Å². The number of methoxy groups -OCH3 is 2. The van der Waals surface area contributed by atoms with E-state index in [4.69, 9.17) is 9.47 Å². The summed E-state index contributed by atoms with van der Waals surface area (Å²) in [4.78, 5) is 19.2. The number of carbonyl (C=O) groups excluding carboxylic acids is 1. The van der Waals surface area contributed by atoms with Crippen molar-refractivity contribution in [1.82, 2.24) is 19.8 Å². The van der Waals surface area contributed by atoms with Crippen LogP contribution in [0.3, 0.4) is 0 Å². The van der Waals surface area contributed by atoms with Gasteiger partial charge in [-0.2, -0.15) is 0 Å². The van der Waals surface area contributed by atoms with Crippen LogP contribution in [0.25, 0.3) is 0 Å². The van der Waals surface area contributed by atoms with Crippen molar-refractivity contribution in [2.75, 3.05) is 45.7 Å². The van der Waals surface area contributed by atoms with Gasteiger partial charge in [-0.25, -0.2) is 4.98 Å². The number of piperazine rings is 1. The van der Waals surface area contributed by atoms with E-state index in [0.717, 1.165) is 25.5 Å².